The largest absolute Gasteiger partial charge is 0.446 e. The number of hydrogen-bond acceptors (Lipinski definition) is 10. The van der Waals surface area contributed by atoms with Gasteiger partial charge >= 0.3 is 6.09 Å². The molecular weight excluding hydrogens is 554 g/mol. The van der Waals surface area contributed by atoms with E-state index in [-0.39, 0.29) is 30.0 Å². The van der Waals surface area contributed by atoms with Crippen molar-refractivity contribution in [1.82, 2.24) is 29.7 Å². The molecule has 2 aliphatic carbocycles. The fourth-order valence-electron chi connectivity index (χ4n) is 6.91. The van der Waals surface area contributed by atoms with Crippen molar-refractivity contribution in [2.24, 2.45) is 23.7 Å². The number of aromatic nitrogens is 4. The summed E-state index contributed by atoms with van der Waals surface area (Å²) in [6, 6.07) is 0.0964. The van der Waals surface area contributed by atoms with Crippen LogP contribution >= 0.6 is 0 Å². The Morgan fingerprint density at radius 2 is 1.86 bits per heavy atom. The normalized spacial score (nSPS) is 32.0. The third kappa shape index (κ3) is 6.30. The van der Waals surface area contributed by atoms with E-state index in [9.17, 15) is 19.8 Å². The van der Waals surface area contributed by atoms with Crippen LogP contribution in [0.5, 0.6) is 0 Å². The summed E-state index contributed by atoms with van der Waals surface area (Å²) in [5.74, 6) is 2.01. The van der Waals surface area contributed by atoms with Crippen molar-refractivity contribution in [2.75, 3.05) is 18.8 Å². The maximum atomic E-state index is 13.1. The standard InChI is InChI=1S/C30H45N7O6/c1-15(2)19-7-4-16(3)12-20(19)42-30(41)36-10-8-17(9-11-36)13-21-34-26(31)22-27(35-21)37(14-32-22)29-24(39)23(38)25(43-29)28(40)33-18-5-6-18/h14-20,23-25,29,38-39H,4-13H2,1-3H3,(H,33,40)(H2,31,34,35)/t16?,19?,20?,23?,24?,25-,29+/m0/s1. The first-order valence-corrected chi connectivity index (χ1v) is 15.9. The number of nitrogens with zero attached hydrogens (tertiary/aromatic N) is 5. The highest BCUT2D eigenvalue weighted by Crippen LogP contribution is 2.36. The molecule has 43 heavy (non-hydrogen) atoms. The number of carbonyl (C=O) groups is 2. The predicted octanol–water partition coefficient (Wildman–Crippen LogP) is 2.16. The van der Waals surface area contributed by atoms with Crippen molar-refractivity contribution in [1.29, 1.82) is 0 Å². The molecule has 2 amide bonds. The van der Waals surface area contributed by atoms with Crippen LogP contribution in [0.25, 0.3) is 11.2 Å². The number of ether oxygens (including phenoxy) is 2. The molecule has 5 N–H and O–H groups in total. The zero-order valence-corrected chi connectivity index (χ0v) is 25.3. The Morgan fingerprint density at radius 1 is 1.12 bits per heavy atom. The number of amides is 2. The van der Waals surface area contributed by atoms with Crippen molar-refractivity contribution in [2.45, 2.75) is 109 Å². The van der Waals surface area contributed by atoms with Crippen molar-refractivity contribution < 1.29 is 29.3 Å². The number of carbonyl (C=O) groups excluding carboxylic acids is 2. The Balaban J connectivity index is 1.08. The second-order valence-electron chi connectivity index (χ2n) is 13.4. The summed E-state index contributed by atoms with van der Waals surface area (Å²) in [4.78, 5) is 41.0. The molecular formula is C30H45N7O6. The van der Waals surface area contributed by atoms with Crippen LogP contribution in [0.1, 0.15) is 77.8 Å². The maximum absolute atomic E-state index is 13.1. The van der Waals surface area contributed by atoms with Gasteiger partial charge in [0.05, 0.1) is 6.33 Å². The van der Waals surface area contributed by atoms with Crippen molar-refractivity contribution >= 4 is 29.0 Å². The molecule has 0 aromatic carbocycles. The fourth-order valence-corrected chi connectivity index (χ4v) is 6.91. The first-order chi connectivity index (χ1) is 20.6. The molecule has 0 radical (unpaired) electrons. The number of hydrogen-bond donors (Lipinski definition) is 4. The number of piperidine rings is 1. The summed E-state index contributed by atoms with van der Waals surface area (Å²) in [5, 5.41) is 24.1. The molecule has 4 heterocycles. The molecule has 13 heteroatoms. The van der Waals surface area contributed by atoms with Gasteiger partial charge in [-0.05, 0) is 62.2 Å². The Labute approximate surface area is 251 Å². The number of nitrogen functional groups attached to an aromatic ring is 1. The molecule has 13 nitrogen and oxygen atoms in total. The van der Waals surface area contributed by atoms with E-state index in [2.05, 4.69) is 36.1 Å². The van der Waals surface area contributed by atoms with Gasteiger partial charge in [0, 0.05) is 25.6 Å². The first-order valence-electron chi connectivity index (χ1n) is 15.9. The number of aliphatic hydroxyl groups excluding tert-OH is 2. The van der Waals surface area contributed by atoms with Crippen LogP contribution in [0, 0.1) is 23.7 Å². The van der Waals surface area contributed by atoms with E-state index in [4.69, 9.17) is 20.2 Å². The van der Waals surface area contributed by atoms with E-state index in [1.54, 1.807) is 0 Å². The molecule has 7 atom stereocenters. The van der Waals surface area contributed by atoms with Crippen molar-refractivity contribution in [3.8, 4) is 0 Å². The van der Waals surface area contributed by atoms with Crippen LogP contribution in [0.2, 0.25) is 0 Å². The lowest BCUT2D eigenvalue weighted by Gasteiger charge is -2.38. The van der Waals surface area contributed by atoms with Gasteiger partial charge in [-0.1, -0.05) is 27.2 Å². The minimum Gasteiger partial charge on any atom is -0.446 e. The summed E-state index contributed by atoms with van der Waals surface area (Å²) < 4.78 is 13.4. The molecule has 5 unspecified atom stereocenters. The lowest BCUT2D eigenvalue weighted by molar-refractivity contribution is -0.137. The fraction of sp³-hybridized carbons (Fsp3) is 0.767. The van der Waals surface area contributed by atoms with Crippen LogP contribution in [0.3, 0.4) is 0 Å². The van der Waals surface area contributed by atoms with E-state index in [0.717, 1.165) is 38.5 Å². The quantitative estimate of drug-likeness (QED) is 0.369. The van der Waals surface area contributed by atoms with E-state index in [1.807, 2.05) is 4.90 Å². The number of nitrogens with one attached hydrogen (secondary N) is 1. The van der Waals surface area contributed by atoms with Crippen molar-refractivity contribution in [3.63, 3.8) is 0 Å². The Kier molecular flexibility index (Phi) is 8.49. The predicted molar refractivity (Wildman–Crippen MR) is 156 cm³/mol. The van der Waals surface area contributed by atoms with Gasteiger partial charge in [0.1, 0.15) is 29.7 Å². The SMILES string of the molecule is CC1CCC(C(C)C)C(OC(=O)N2CCC(Cc3nc(N)c4ncn([C@@H]5O[C@H](C(=O)NC6CC6)C(O)C5O)c4n3)CC2)C1. The third-order valence-electron chi connectivity index (χ3n) is 9.75. The van der Waals surface area contributed by atoms with Crippen LogP contribution < -0.4 is 11.1 Å². The monoisotopic (exact) mass is 599 g/mol. The lowest BCUT2D eigenvalue weighted by atomic mass is 9.75. The number of likely N-dealkylation sites (tertiary alicyclic amines) is 1. The smallest absolute Gasteiger partial charge is 0.410 e. The van der Waals surface area contributed by atoms with E-state index in [1.165, 1.54) is 17.3 Å². The number of imidazole rings is 1. The van der Waals surface area contributed by atoms with Crippen molar-refractivity contribution in [3.05, 3.63) is 12.2 Å². The zero-order valence-electron chi connectivity index (χ0n) is 25.3. The van der Waals surface area contributed by atoms with Crippen LogP contribution in [-0.4, -0.2) is 90.2 Å². The number of anilines is 1. The Hall–Kier alpha value is -3.03. The number of fused-ring (bicyclic) bond motifs is 1. The molecule has 2 saturated carbocycles. The molecule has 236 valence electrons. The minimum atomic E-state index is -1.39. The Morgan fingerprint density at radius 3 is 2.56 bits per heavy atom. The van der Waals surface area contributed by atoms with Crippen LogP contribution in [0.15, 0.2) is 6.33 Å². The van der Waals surface area contributed by atoms with Crippen LogP contribution in [0.4, 0.5) is 10.6 Å². The Bertz CT molecular complexity index is 1320. The molecule has 4 aliphatic rings. The van der Waals surface area contributed by atoms with Gasteiger partial charge < -0.3 is 35.6 Å². The highest BCUT2D eigenvalue weighted by Gasteiger charge is 2.48. The highest BCUT2D eigenvalue weighted by molar-refractivity contribution is 5.83. The number of nitrogens with two attached hydrogens (primary N) is 1. The van der Waals surface area contributed by atoms with E-state index in [0.29, 0.717) is 54.3 Å². The third-order valence-corrected chi connectivity index (χ3v) is 9.75. The van der Waals surface area contributed by atoms with Gasteiger partial charge in [0.2, 0.25) is 0 Å². The highest BCUT2D eigenvalue weighted by atomic mass is 16.6. The summed E-state index contributed by atoms with van der Waals surface area (Å²) in [6.45, 7) is 7.88. The molecule has 2 aromatic rings. The summed E-state index contributed by atoms with van der Waals surface area (Å²) >= 11 is 0. The molecule has 6 rings (SSSR count). The van der Waals surface area contributed by atoms with E-state index >= 15 is 0 Å². The van der Waals surface area contributed by atoms with Gasteiger partial charge in [-0.15, -0.1) is 0 Å². The number of rotatable bonds is 7. The van der Waals surface area contributed by atoms with Gasteiger partial charge in [-0.2, -0.15) is 0 Å². The molecule has 2 aliphatic heterocycles. The minimum absolute atomic E-state index is 0.0201. The topological polar surface area (TPSA) is 178 Å². The molecule has 0 bridgehead atoms. The second-order valence-corrected chi connectivity index (χ2v) is 13.4. The van der Waals surface area contributed by atoms with E-state index < -0.39 is 30.4 Å². The second kappa shape index (κ2) is 12.2. The molecule has 2 aromatic heterocycles. The molecule has 2 saturated heterocycles. The summed E-state index contributed by atoms with van der Waals surface area (Å²) in [7, 11) is 0. The lowest BCUT2D eigenvalue weighted by Crippen LogP contribution is -2.43. The average molecular weight is 600 g/mol. The van der Waals surface area contributed by atoms with Gasteiger partial charge in [0.25, 0.3) is 5.91 Å². The van der Waals surface area contributed by atoms with Gasteiger partial charge in [-0.25, -0.2) is 19.7 Å². The average Bonchev–Trinajstić information content (AvgIpc) is 3.60. The molecule has 4 fully saturated rings. The zero-order chi connectivity index (χ0) is 30.4. The molecule has 0 spiro atoms. The summed E-state index contributed by atoms with van der Waals surface area (Å²) in [5.41, 5.74) is 6.97. The summed E-state index contributed by atoms with van der Waals surface area (Å²) in [6.07, 6.45) is 3.35. The first kappa shape index (κ1) is 30.0. The van der Waals surface area contributed by atoms with Gasteiger partial charge in [0.15, 0.2) is 23.8 Å². The maximum Gasteiger partial charge on any atom is 0.410 e. The number of aliphatic hydroxyl groups is 2. The van der Waals surface area contributed by atoms with Gasteiger partial charge in [-0.3, -0.25) is 9.36 Å². The van der Waals surface area contributed by atoms with Crippen LogP contribution in [-0.2, 0) is 20.7 Å².